The molecule has 0 aromatic carbocycles. The Balaban J connectivity index is 2.07. The number of rotatable bonds is 3. The molecule has 4 nitrogen and oxygen atoms in total. The summed E-state index contributed by atoms with van der Waals surface area (Å²) >= 11 is 0. The maximum atomic E-state index is 12.0. The van der Waals surface area contributed by atoms with E-state index in [1.807, 2.05) is 13.0 Å². The molecule has 1 aliphatic carbocycles. The van der Waals surface area contributed by atoms with Crippen LogP contribution in [0, 0.1) is 12.3 Å². The van der Waals surface area contributed by atoms with Gasteiger partial charge in [0.25, 0.3) is 0 Å². The summed E-state index contributed by atoms with van der Waals surface area (Å²) in [5.74, 6) is 0.0358. The van der Waals surface area contributed by atoms with Gasteiger partial charge in [0.05, 0.1) is 17.3 Å². The highest BCUT2D eigenvalue weighted by Crippen LogP contribution is 2.40. The van der Waals surface area contributed by atoms with Crippen LogP contribution in [0.15, 0.2) is 18.5 Å². The van der Waals surface area contributed by atoms with E-state index in [2.05, 4.69) is 10.3 Å². The minimum Gasteiger partial charge on any atom is -0.329 e. The van der Waals surface area contributed by atoms with Gasteiger partial charge < -0.3 is 11.1 Å². The Bertz CT molecular complexity index is 393. The topological polar surface area (TPSA) is 68.0 Å². The molecule has 1 amide bonds. The molecule has 0 aliphatic heterocycles. The van der Waals surface area contributed by atoms with Crippen molar-refractivity contribution in [3.63, 3.8) is 0 Å². The number of carbonyl (C=O) groups excluding carboxylic acids is 1. The monoisotopic (exact) mass is 219 g/mol. The zero-order valence-electron chi connectivity index (χ0n) is 9.49. The van der Waals surface area contributed by atoms with E-state index < -0.39 is 0 Å². The molecule has 16 heavy (non-hydrogen) atoms. The Labute approximate surface area is 95.3 Å². The summed E-state index contributed by atoms with van der Waals surface area (Å²) in [5.41, 5.74) is 7.14. The summed E-state index contributed by atoms with van der Waals surface area (Å²) in [5, 5.41) is 2.90. The van der Waals surface area contributed by atoms with Gasteiger partial charge in [-0.15, -0.1) is 0 Å². The Morgan fingerprint density at radius 2 is 2.31 bits per heavy atom. The van der Waals surface area contributed by atoms with Gasteiger partial charge in [0.1, 0.15) is 0 Å². The first-order chi connectivity index (χ1) is 7.66. The highest BCUT2D eigenvalue weighted by molar-refractivity contribution is 5.96. The molecular weight excluding hydrogens is 202 g/mol. The molecule has 1 fully saturated rings. The van der Waals surface area contributed by atoms with Gasteiger partial charge in [-0.1, -0.05) is 6.42 Å². The molecule has 0 radical (unpaired) electrons. The van der Waals surface area contributed by atoms with Crippen LogP contribution in [0.5, 0.6) is 0 Å². The van der Waals surface area contributed by atoms with Gasteiger partial charge >= 0.3 is 0 Å². The van der Waals surface area contributed by atoms with Crippen molar-refractivity contribution >= 4 is 11.6 Å². The number of pyridine rings is 1. The molecule has 0 atom stereocenters. The van der Waals surface area contributed by atoms with E-state index in [-0.39, 0.29) is 11.3 Å². The molecule has 2 rings (SSSR count). The minimum absolute atomic E-state index is 0.0358. The third kappa shape index (κ3) is 1.93. The van der Waals surface area contributed by atoms with Gasteiger partial charge in [0.15, 0.2) is 0 Å². The normalized spacial score (nSPS) is 17.6. The second-order valence-corrected chi connectivity index (χ2v) is 4.54. The fourth-order valence-corrected chi connectivity index (χ4v) is 2.01. The highest BCUT2D eigenvalue weighted by atomic mass is 16.2. The molecule has 1 aromatic rings. The first-order valence-corrected chi connectivity index (χ1v) is 5.59. The van der Waals surface area contributed by atoms with E-state index in [1.54, 1.807) is 12.4 Å². The van der Waals surface area contributed by atoms with Crippen LogP contribution in [-0.4, -0.2) is 17.4 Å². The fraction of sp³-hybridized carbons (Fsp3) is 0.500. The van der Waals surface area contributed by atoms with Crippen LogP contribution in [-0.2, 0) is 4.79 Å². The number of nitrogens with two attached hydrogens (primary N) is 1. The van der Waals surface area contributed by atoms with Gasteiger partial charge in [-0.25, -0.2) is 0 Å². The quantitative estimate of drug-likeness (QED) is 0.808. The summed E-state index contributed by atoms with van der Waals surface area (Å²) in [4.78, 5) is 16.1. The number of nitrogens with zero attached hydrogens (tertiary/aromatic N) is 1. The maximum Gasteiger partial charge on any atom is 0.231 e. The standard InChI is InChI=1S/C12H17N3O/c1-9-5-10(7-14-6-9)15-11(16)12(8-13)3-2-4-12/h5-7H,2-4,8,13H2,1H3,(H,15,16). The molecule has 1 heterocycles. The van der Waals surface area contributed by atoms with Crippen LogP contribution in [0.2, 0.25) is 0 Å². The van der Waals surface area contributed by atoms with Gasteiger partial charge in [-0.2, -0.15) is 0 Å². The smallest absolute Gasteiger partial charge is 0.231 e. The summed E-state index contributed by atoms with van der Waals surface area (Å²) in [7, 11) is 0. The second-order valence-electron chi connectivity index (χ2n) is 4.54. The Kier molecular flexibility index (Phi) is 2.92. The van der Waals surface area contributed by atoms with Crippen LogP contribution in [0.1, 0.15) is 24.8 Å². The fourth-order valence-electron chi connectivity index (χ4n) is 2.01. The van der Waals surface area contributed by atoms with E-state index in [9.17, 15) is 4.79 Å². The number of hydrogen-bond acceptors (Lipinski definition) is 3. The molecule has 0 unspecified atom stereocenters. The molecule has 1 saturated carbocycles. The Hall–Kier alpha value is -1.42. The molecule has 86 valence electrons. The Morgan fingerprint density at radius 1 is 1.56 bits per heavy atom. The first-order valence-electron chi connectivity index (χ1n) is 5.59. The number of anilines is 1. The van der Waals surface area contributed by atoms with Crippen LogP contribution < -0.4 is 11.1 Å². The number of nitrogens with one attached hydrogen (secondary N) is 1. The summed E-state index contributed by atoms with van der Waals surface area (Å²) in [6.45, 7) is 2.38. The van der Waals surface area contributed by atoms with E-state index in [4.69, 9.17) is 5.73 Å². The van der Waals surface area contributed by atoms with Crippen molar-refractivity contribution in [2.45, 2.75) is 26.2 Å². The molecule has 1 aliphatic rings. The third-order valence-electron chi connectivity index (χ3n) is 3.32. The van der Waals surface area contributed by atoms with Gasteiger partial charge in [0.2, 0.25) is 5.91 Å². The van der Waals surface area contributed by atoms with E-state index in [0.717, 1.165) is 30.5 Å². The molecular formula is C12H17N3O. The van der Waals surface area contributed by atoms with Crippen molar-refractivity contribution in [2.24, 2.45) is 11.1 Å². The molecule has 4 heteroatoms. The molecule has 3 N–H and O–H groups in total. The zero-order chi connectivity index (χ0) is 11.6. The summed E-state index contributed by atoms with van der Waals surface area (Å²) in [6.07, 6.45) is 6.31. The van der Waals surface area contributed by atoms with Gasteiger partial charge in [-0.3, -0.25) is 9.78 Å². The predicted octanol–water partition coefficient (Wildman–Crippen LogP) is 1.46. The molecule has 1 aromatic heterocycles. The van der Waals surface area contributed by atoms with Crippen LogP contribution >= 0.6 is 0 Å². The number of aryl methyl sites for hydroxylation is 1. The van der Waals surface area contributed by atoms with Crippen molar-refractivity contribution in [3.05, 3.63) is 24.0 Å². The van der Waals surface area contributed by atoms with Crippen LogP contribution in [0.4, 0.5) is 5.69 Å². The Morgan fingerprint density at radius 3 is 2.81 bits per heavy atom. The van der Waals surface area contributed by atoms with Crippen molar-refractivity contribution < 1.29 is 4.79 Å². The van der Waals surface area contributed by atoms with Crippen LogP contribution in [0.3, 0.4) is 0 Å². The number of carbonyl (C=O) groups is 1. The van der Waals surface area contributed by atoms with Crippen LogP contribution in [0.25, 0.3) is 0 Å². The van der Waals surface area contributed by atoms with Gasteiger partial charge in [-0.05, 0) is 31.4 Å². The first kappa shape index (κ1) is 11.1. The molecule has 0 saturated heterocycles. The summed E-state index contributed by atoms with van der Waals surface area (Å²) in [6, 6.07) is 1.91. The van der Waals surface area contributed by atoms with Crippen molar-refractivity contribution in [3.8, 4) is 0 Å². The molecule has 0 bridgehead atoms. The van der Waals surface area contributed by atoms with Crippen molar-refractivity contribution in [1.29, 1.82) is 0 Å². The largest absolute Gasteiger partial charge is 0.329 e. The van der Waals surface area contributed by atoms with Gasteiger partial charge in [0, 0.05) is 12.7 Å². The maximum absolute atomic E-state index is 12.0. The highest BCUT2D eigenvalue weighted by Gasteiger charge is 2.42. The van der Waals surface area contributed by atoms with Crippen molar-refractivity contribution in [1.82, 2.24) is 4.98 Å². The van der Waals surface area contributed by atoms with E-state index >= 15 is 0 Å². The third-order valence-corrected chi connectivity index (χ3v) is 3.32. The van der Waals surface area contributed by atoms with Crippen molar-refractivity contribution in [2.75, 3.05) is 11.9 Å². The average Bonchev–Trinajstić information content (AvgIpc) is 2.16. The lowest BCUT2D eigenvalue weighted by Gasteiger charge is -2.39. The number of amides is 1. The lowest BCUT2D eigenvalue weighted by molar-refractivity contribution is -0.129. The summed E-state index contributed by atoms with van der Waals surface area (Å²) < 4.78 is 0. The SMILES string of the molecule is Cc1cncc(NC(=O)C2(CN)CCC2)c1. The second kappa shape index (κ2) is 4.22. The number of aromatic nitrogens is 1. The lowest BCUT2D eigenvalue weighted by Crippen LogP contribution is -2.47. The predicted molar refractivity (Wildman–Crippen MR) is 62.9 cm³/mol. The average molecular weight is 219 g/mol. The zero-order valence-corrected chi connectivity index (χ0v) is 9.49. The van der Waals surface area contributed by atoms with E-state index in [1.165, 1.54) is 0 Å². The number of hydrogen-bond donors (Lipinski definition) is 2. The lowest BCUT2D eigenvalue weighted by atomic mass is 9.68. The van der Waals surface area contributed by atoms with E-state index in [0.29, 0.717) is 6.54 Å². The molecule has 0 spiro atoms. The minimum atomic E-state index is -0.330.